The smallest absolute Gasteiger partial charge is 0.159 e. The first kappa shape index (κ1) is 9.85. The minimum absolute atomic E-state index is 0.0383. The average Bonchev–Trinajstić information content (AvgIpc) is 2.34. The number of Topliss-reactive ketones (excluding diaryl/α,β-unsaturated/α-hetero) is 1. The van der Waals surface area contributed by atoms with E-state index in [1.54, 1.807) is 25.6 Å². The number of nitrogens with two attached hydrogens (primary N) is 1. The SMILES string of the molecule is Cn1ncnc1CC(=O)C(C)(C)N. The molecule has 0 aliphatic heterocycles. The van der Waals surface area contributed by atoms with Crippen molar-refractivity contribution >= 4 is 5.78 Å². The van der Waals surface area contributed by atoms with Crippen molar-refractivity contribution in [2.24, 2.45) is 12.8 Å². The number of nitrogens with zero attached hydrogens (tertiary/aromatic N) is 3. The lowest BCUT2D eigenvalue weighted by Gasteiger charge is -2.15. The second-order valence-corrected chi connectivity index (χ2v) is 3.62. The van der Waals surface area contributed by atoms with Gasteiger partial charge >= 0.3 is 0 Å². The molecule has 2 N–H and O–H groups in total. The van der Waals surface area contributed by atoms with E-state index in [0.717, 1.165) is 0 Å². The fraction of sp³-hybridized carbons (Fsp3) is 0.625. The fourth-order valence-corrected chi connectivity index (χ4v) is 0.852. The standard InChI is InChI=1S/C8H14N4O/c1-8(2,9)6(13)4-7-10-5-11-12(7)3/h5H,4,9H2,1-3H3. The van der Waals surface area contributed by atoms with E-state index in [9.17, 15) is 4.79 Å². The molecule has 0 atom stereocenters. The summed E-state index contributed by atoms with van der Waals surface area (Å²) in [5.74, 6) is 0.604. The van der Waals surface area contributed by atoms with Crippen LogP contribution in [-0.4, -0.2) is 26.1 Å². The second-order valence-electron chi connectivity index (χ2n) is 3.62. The van der Waals surface area contributed by atoms with E-state index in [1.807, 2.05) is 0 Å². The molecule has 72 valence electrons. The van der Waals surface area contributed by atoms with Gasteiger partial charge in [0.15, 0.2) is 5.78 Å². The first-order valence-corrected chi connectivity index (χ1v) is 4.06. The number of rotatable bonds is 3. The summed E-state index contributed by atoms with van der Waals surface area (Å²) in [5, 5.41) is 3.86. The zero-order valence-corrected chi connectivity index (χ0v) is 8.11. The first-order valence-electron chi connectivity index (χ1n) is 4.06. The number of carbonyl (C=O) groups excluding carboxylic acids is 1. The second kappa shape index (κ2) is 3.26. The minimum atomic E-state index is -0.800. The maximum absolute atomic E-state index is 11.5. The lowest BCUT2D eigenvalue weighted by atomic mass is 9.98. The van der Waals surface area contributed by atoms with Crippen molar-refractivity contribution < 1.29 is 4.79 Å². The Labute approximate surface area is 76.9 Å². The molecule has 0 radical (unpaired) electrons. The summed E-state index contributed by atoms with van der Waals surface area (Å²) >= 11 is 0. The van der Waals surface area contributed by atoms with Crippen LogP contribution in [0.3, 0.4) is 0 Å². The Morgan fingerprint density at radius 1 is 1.69 bits per heavy atom. The van der Waals surface area contributed by atoms with Crippen LogP contribution in [0.5, 0.6) is 0 Å². The molecular weight excluding hydrogens is 168 g/mol. The Balaban J connectivity index is 2.71. The van der Waals surface area contributed by atoms with Gasteiger partial charge in [0, 0.05) is 7.05 Å². The molecule has 0 aliphatic rings. The van der Waals surface area contributed by atoms with Crippen molar-refractivity contribution in [2.75, 3.05) is 0 Å². The molecule has 0 unspecified atom stereocenters. The van der Waals surface area contributed by atoms with Crippen LogP contribution in [0.1, 0.15) is 19.7 Å². The van der Waals surface area contributed by atoms with Gasteiger partial charge in [-0.1, -0.05) is 0 Å². The van der Waals surface area contributed by atoms with Gasteiger partial charge in [0.1, 0.15) is 12.2 Å². The molecule has 1 heterocycles. The Hall–Kier alpha value is -1.23. The monoisotopic (exact) mass is 182 g/mol. The predicted molar refractivity (Wildman–Crippen MR) is 48.0 cm³/mol. The van der Waals surface area contributed by atoms with Gasteiger partial charge in [0.05, 0.1) is 12.0 Å². The first-order chi connectivity index (χ1) is 5.91. The van der Waals surface area contributed by atoms with Crippen molar-refractivity contribution in [3.8, 4) is 0 Å². The molecule has 0 fully saturated rings. The minimum Gasteiger partial charge on any atom is -0.319 e. The molecule has 0 aliphatic carbocycles. The van der Waals surface area contributed by atoms with Crippen LogP contribution in [0, 0.1) is 0 Å². The van der Waals surface area contributed by atoms with Gasteiger partial charge in [0.2, 0.25) is 0 Å². The fourth-order valence-electron chi connectivity index (χ4n) is 0.852. The molecule has 0 amide bonds. The molecule has 5 nitrogen and oxygen atoms in total. The molecular formula is C8H14N4O. The lowest BCUT2D eigenvalue weighted by molar-refractivity contribution is -0.122. The molecule has 0 bridgehead atoms. The number of aryl methyl sites for hydroxylation is 1. The van der Waals surface area contributed by atoms with Gasteiger partial charge in [-0.15, -0.1) is 0 Å². The Kier molecular flexibility index (Phi) is 2.47. The Morgan fingerprint density at radius 2 is 2.31 bits per heavy atom. The van der Waals surface area contributed by atoms with Crippen molar-refractivity contribution in [3.05, 3.63) is 12.2 Å². The number of carbonyl (C=O) groups is 1. The summed E-state index contributed by atoms with van der Waals surface area (Å²) in [5.41, 5.74) is 4.84. The molecule has 5 heteroatoms. The number of hydrogen-bond donors (Lipinski definition) is 1. The highest BCUT2D eigenvalue weighted by molar-refractivity contribution is 5.88. The topological polar surface area (TPSA) is 73.8 Å². The molecule has 1 rings (SSSR count). The summed E-state index contributed by atoms with van der Waals surface area (Å²) in [4.78, 5) is 15.4. The van der Waals surface area contributed by atoms with E-state index in [-0.39, 0.29) is 12.2 Å². The third-order valence-electron chi connectivity index (χ3n) is 1.84. The van der Waals surface area contributed by atoms with Crippen LogP contribution in [0.15, 0.2) is 6.33 Å². The van der Waals surface area contributed by atoms with E-state index in [4.69, 9.17) is 5.73 Å². The zero-order valence-electron chi connectivity index (χ0n) is 8.11. The summed E-state index contributed by atoms with van der Waals surface area (Å²) in [7, 11) is 1.75. The van der Waals surface area contributed by atoms with Crippen molar-refractivity contribution in [1.29, 1.82) is 0 Å². The van der Waals surface area contributed by atoms with Crippen LogP contribution in [0.25, 0.3) is 0 Å². The van der Waals surface area contributed by atoms with Gasteiger partial charge in [0.25, 0.3) is 0 Å². The van der Waals surface area contributed by atoms with Gasteiger partial charge in [-0.2, -0.15) is 5.10 Å². The van der Waals surface area contributed by atoms with Gasteiger partial charge in [-0.25, -0.2) is 4.98 Å². The van der Waals surface area contributed by atoms with E-state index in [2.05, 4.69) is 10.1 Å². The lowest BCUT2D eigenvalue weighted by Crippen LogP contribution is -2.42. The van der Waals surface area contributed by atoms with Crippen LogP contribution in [-0.2, 0) is 18.3 Å². The van der Waals surface area contributed by atoms with Crippen molar-refractivity contribution in [2.45, 2.75) is 25.8 Å². The van der Waals surface area contributed by atoms with Gasteiger partial charge in [-0.05, 0) is 13.8 Å². The van der Waals surface area contributed by atoms with Gasteiger partial charge < -0.3 is 5.73 Å². The molecule has 13 heavy (non-hydrogen) atoms. The zero-order chi connectivity index (χ0) is 10.1. The molecule has 0 saturated carbocycles. The predicted octanol–water partition coefficient (Wildman–Crippen LogP) is -0.336. The molecule has 0 aromatic carbocycles. The maximum Gasteiger partial charge on any atom is 0.159 e. The third-order valence-corrected chi connectivity index (χ3v) is 1.84. The Morgan fingerprint density at radius 3 is 2.69 bits per heavy atom. The van der Waals surface area contributed by atoms with Crippen LogP contribution >= 0.6 is 0 Å². The number of hydrogen-bond acceptors (Lipinski definition) is 4. The highest BCUT2D eigenvalue weighted by Gasteiger charge is 2.23. The van der Waals surface area contributed by atoms with Crippen LogP contribution < -0.4 is 5.73 Å². The largest absolute Gasteiger partial charge is 0.319 e. The molecule has 1 aromatic heterocycles. The summed E-state index contributed by atoms with van der Waals surface area (Å²) in [6.07, 6.45) is 1.66. The normalized spacial score (nSPS) is 11.7. The third kappa shape index (κ3) is 2.35. The molecule has 0 spiro atoms. The van der Waals surface area contributed by atoms with E-state index < -0.39 is 5.54 Å². The highest BCUT2D eigenvalue weighted by Crippen LogP contribution is 2.03. The summed E-state index contributed by atoms with van der Waals surface area (Å²) < 4.78 is 1.57. The molecule has 0 saturated heterocycles. The molecule has 1 aromatic rings. The average molecular weight is 182 g/mol. The highest BCUT2D eigenvalue weighted by atomic mass is 16.1. The summed E-state index contributed by atoms with van der Waals surface area (Å²) in [6, 6.07) is 0. The summed E-state index contributed by atoms with van der Waals surface area (Å²) in [6.45, 7) is 3.37. The van der Waals surface area contributed by atoms with Crippen molar-refractivity contribution in [3.63, 3.8) is 0 Å². The quantitative estimate of drug-likeness (QED) is 0.694. The van der Waals surface area contributed by atoms with E-state index >= 15 is 0 Å². The van der Waals surface area contributed by atoms with E-state index in [0.29, 0.717) is 5.82 Å². The van der Waals surface area contributed by atoms with Crippen molar-refractivity contribution in [1.82, 2.24) is 14.8 Å². The van der Waals surface area contributed by atoms with Crippen LogP contribution in [0.4, 0.5) is 0 Å². The number of ketones is 1. The number of aromatic nitrogens is 3. The Bertz CT molecular complexity index is 310. The van der Waals surface area contributed by atoms with Crippen LogP contribution in [0.2, 0.25) is 0 Å². The van der Waals surface area contributed by atoms with Gasteiger partial charge in [-0.3, -0.25) is 9.48 Å². The maximum atomic E-state index is 11.5. The van der Waals surface area contributed by atoms with E-state index in [1.165, 1.54) is 6.33 Å².